The van der Waals surface area contributed by atoms with E-state index in [-0.39, 0.29) is 11.8 Å². The Balaban J connectivity index is 1.62. The number of rotatable bonds is 4. The Morgan fingerprint density at radius 2 is 1.86 bits per heavy atom. The van der Waals surface area contributed by atoms with E-state index >= 15 is 0 Å². The molecule has 7 nitrogen and oxygen atoms in total. The largest absolute Gasteiger partial charge is 0.337 e. The molecule has 1 aliphatic heterocycles. The van der Waals surface area contributed by atoms with Gasteiger partial charge in [0.15, 0.2) is 0 Å². The van der Waals surface area contributed by atoms with Gasteiger partial charge < -0.3 is 9.80 Å². The van der Waals surface area contributed by atoms with E-state index < -0.39 is 0 Å². The Kier molecular flexibility index (Phi) is 8.25. The smallest absolute Gasteiger partial charge is 0.228 e. The van der Waals surface area contributed by atoms with Crippen LogP contribution in [0.2, 0.25) is 0 Å². The molecule has 0 radical (unpaired) electrons. The minimum Gasteiger partial charge on any atom is -0.337 e. The van der Waals surface area contributed by atoms with Gasteiger partial charge in [-0.2, -0.15) is 0 Å². The number of anilines is 1. The summed E-state index contributed by atoms with van der Waals surface area (Å²) in [5.74, 6) is 0.102. The highest BCUT2D eigenvalue weighted by Gasteiger charge is 2.23. The third kappa shape index (κ3) is 6.52. The summed E-state index contributed by atoms with van der Waals surface area (Å²) in [5, 5.41) is 0.979. The Morgan fingerprint density at radius 1 is 1.03 bits per heavy atom. The molecule has 0 saturated carbocycles. The predicted octanol–water partition coefficient (Wildman–Crippen LogP) is 3.99. The molecule has 184 valence electrons. The maximum absolute atomic E-state index is 13.6. The van der Waals surface area contributed by atoms with Crippen molar-refractivity contribution < 1.29 is 9.59 Å². The topological polar surface area (TPSA) is 69.6 Å². The normalized spacial score (nSPS) is 15.4. The number of amides is 2. The fraction of sp³-hybridized carbons (Fsp3) is 0.407. The lowest BCUT2D eigenvalue weighted by Gasteiger charge is -2.28. The summed E-state index contributed by atoms with van der Waals surface area (Å²) in [6, 6.07) is 12.0. The number of carbonyl (C=O) groups is 2. The number of thiazole rings is 1. The van der Waals surface area contributed by atoms with E-state index in [1.54, 1.807) is 24.5 Å². The van der Waals surface area contributed by atoms with Gasteiger partial charge in [-0.05, 0) is 43.5 Å². The van der Waals surface area contributed by atoms with Gasteiger partial charge >= 0.3 is 0 Å². The van der Waals surface area contributed by atoms with Gasteiger partial charge in [-0.25, -0.2) is 4.98 Å². The van der Waals surface area contributed by atoms with E-state index in [1.807, 2.05) is 60.2 Å². The minimum absolute atomic E-state index is 0.0177. The number of fused-ring (bicyclic) bond motifs is 1. The van der Waals surface area contributed by atoms with Gasteiger partial charge in [0.2, 0.25) is 11.8 Å². The van der Waals surface area contributed by atoms with Crippen molar-refractivity contribution in [1.29, 1.82) is 0 Å². The Hall–Kier alpha value is -3.10. The summed E-state index contributed by atoms with van der Waals surface area (Å²) in [5.41, 5.74) is 3.96. The highest BCUT2D eigenvalue weighted by atomic mass is 32.1. The number of nitrogens with zero attached hydrogens (tertiary/aromatic N) is 5. The molecule has 1 aromatic carbocycles. The van der Waals surface area contributed by atoms with Crippen LogP contribution in [0.15, 0.2) is 48.8 Å². The number of carbonyl (C=O) groups excluding carboxylic acids is 2. The van der Waals surface area contributed by atoms with Crippen molar-refractivity contribution in [1.82, 2.24) is 19.8 Å². The highest BCUT2D eigenvalue weighted by Crippen LogP contribution is 2.25. The molecule has 0 bridgehead atoms. The monoisotopic (exact) mass is 491 g/mol. The van der Waals surface area contributed by atoms with Crippen LogP contribution in [0.3, 0.4) is 0 Å². The average molecular weight is 492 g/mol. The van der Waals surface area contributed by atoms with Gasteiger partial charge in [0.25, 0.3) is 0 Å². The first-order valence-electron chi connectivity index (χ1n) is 12.1. The zero-order valence-corrected chi connectivity index (χ0v) is 21.6. The van der Waals surface area contributed by atoms with Crippen molar-refractivity contribution in [2.24, 2.45) is 0 Å². The van der Waals surface area contributed by atoms with Crippen molar-refractivity contribution >= 4 is 28.8 Å². The maximum Gasteiger partial charge on any atom is 0.228 e. The summed E-state index contributed by atoms with van der Waals surface area (Å²) in [7, 11) is 0. The summed E-state index contributed by atoms with van der Waals surface area (Å²) in [6.07, 6.45) is 4.86. The van der Waals surface area contributed by atoms with Gasteiger partial charge in [-0.1, -0.05) is 24.3 Å². The van der Waals surface area contributed by atoms with Crippen molar-refractivity contribution in [3.8, 4) is 0 Å². The zero-order valence-electron chi connectivity index (χ0n) is 20.7. The molecule has 35 heavy (non-hydrogen) atoms. The number of benzene rings is 1. The van der Waals surface area contributed by atoms with Gasteiger partial charge in [0, 0.05) is 69.2 Å². The summed E-state index contributed by atoms with van der Waals surface area (Å²) in [6.45, 7) is 9.62. The first-order chi connectivity index (χ1) is 16.9. The van der Waals surface area contributed by atoms with Gasteiger partial charge in [0.1, 0.15) is 0 Å². The van der Waals surface area contributed by atoms with E-state index in [0.29, 0.717) is 26.1 Å². The summed E-state index contributed by atoms with van der Waals surface area (Å²) < 4.78 is 0. The number of pyridine rings is 1. The fourth-order valence-electron chi connectivity index (χ4n) is 4.57. The van der Waals surface area contributed by atoms with Crippen LogP contribution in [-0.2, 0) is 29.1 Å². The molecular formula is C27H33N5O2S. The quantitative estimate of drug-likeness (QED) is 0.552. The lowest BCUT2D eigenvalue weighted by molar-refractivity contribution is -0.131. The molecule has 8 heteroatoms. The average Bonchev–Trinajstić information content (AvgIpc) is 3.14. The van der Waals surface area contributed by atoms with Crippen LogP contribution in [0, 0.1) is 13.8 Å². The van der Waals surface area contributed by atoms with Gasteiger partial charge in [-0.3, -0.25) is 19.5 Å². The molecule has 0 N–H and O–H groups in total. The first kappa shape index (κ1) is 25.0. The molecule has 2 aromatic heterocycles. The van der Waals surface area contributed by atoms with E-state index in [1.165, 1.54) is 0 Å². The first-order valence-corrected chi connectivity index (χ1v) is 12.9. The summed E-state index contributed by atoms with van der Waals surface area (Å²) in [4.78, 5) is 42.1. The number of hydrogen-bond donors (Lipinski definition) is 0. The molecule has 0 aliphatic carbocycles. The van der Waals surface area contributed by atoms with Crippen molar-refractivity contribution in [3.05, 3.63) is 75.5 Å². The second kappa shape index (κ2) is 11.6. The van der Waals surface area contributed by atoms with E-state index in [0.717, 1.165) is 58.4 Å². The van der Waals surface area contributed by atoms with Crippen molar-refractivity contribution in [3.63, 3.8) is 0 Å². The third-order valence-electron chi connectivity index (χ3n) is 6.36. The van der Waals surface area contributed by atoms with Crippen LogP contribution in [-0.4, -0.2) is 57.8 Å². The lowest BCUT2D eigenvalue weighted by Crippen LogP contribution is -2.39. The van der Waals surface area contributed by atoms with Gasteiger partial charge in [-0.15, -0.1) is 11.3 Å². The van der Waals surface area contributed by atoms with Crippen LogP contribution in [0.25, 0.3) is 0 Å². The molecule has 2 amide bonds. The van der Waals surface area contributed by atoms with Crippen molar-refractivity contribution in [2.75, 3.05) is 31.1 Å². The van der Waals surface area contributed by atoms with Gasteiger partial charge in [0.05, 0.1) is 17.1 Å². The van der Waals surface area contributed by atoms with Crippen molar-refractivity contribution in [2.45, 2.75) is 46.7 Å². The second-order valence-electron chi connectivity index (χ2n) is 9.02. The third-order valence-corrected chi connectivity index (χ3v) is 7.43. The molecular weight excluding hydrogens is 458 g/mol. The van der Waals surface area contributed by atoms with E-state index in [4.69, 9.17) is 0 Å². The summed E-state index contributed by atoms with van der Waals surface area (Å²) >= 11 is 1.59. The Labute approximate surface area is 211 Å². The molecule has 1 aliphatic rings. The molecule has 0 atom stereocenters. The Bertz CT molecular complexity index is 1160. The van der Waals surface area contributed by atoms with Crippen LogP contribution in [0.5, 0.6) is 0 Å². The fourth-order valence-corrected chi connectivity index (χ4v) is 5.50. The SMILES string of the molecule is CC(=O)N1CCCN(Cc2cccnc2)CCN(C(=O)Cc2sc(C)nc2C)Cc2ccccc21. The lowest BCUT2D eigenvalue weighted by atomic mass is 10.1. The Morgan fingerprint density at radius 3 is 2.57 bits per heavy atom. The molecule has 0 spiro atoms. The molecule has 0 unspecified atom stereocenters. The number of aromatic nitrogens is 2. The van der Waals surface area contributed by atoms with Crippen LogP contribution < -0.4 is 4.90 Å². The molecule has 0 fully saturated rings. The number of aryl methyl sites for hydroxylation is 2. The predicted molar refractivity (Wildman–Crippen MR) is 139 cm³/mol. The minimum atomic E-state index is 0.0177. The van der Waals surface area contributed by atoms with Crippen LogP contribution in [0.4, 0.5) is 5.69 Å². The highest BCUT2D eigenvalue weighted by molar-refractivity contribution is 7.11. The standard InChI is InChI=1S/C27H33N5O2S/c1-20-26(35-21(2)29-20)16-27(34)31-15-14-30(18-23-8-6-11-28-17-23)12-7-13-32(22(3)33)25-10-5-4-9-24(25)19-31/h4-6,8-11,17H,7,12-16,18-19H2,1-3H3. The number of para-hydroxylation sites is 1. The number of hydrogen-bond acceptors (Lipinski definition) is 6. The zero-order chi connectivity index (χ0) is 24.8. The molecule has 0 saturated heterocycles. The van der Waals surface area contributed by atoms with E-state index in [9.17, 15) is 9.59 Å². The molecule has 3 heterocycles. The second-order valence-corrected chi connectivity index (χ2v) is 10.3. The van der Waals surface area contributed by atoms with Crippen LogP contribution >= 0.6 is 11.3 Å². The maximum atomic E-state index is 13.6. The molecule has 3 aromatic rings. The van der Waals surface area contributed by atoms with Crippen LogP contribution in [0.1, 0.15) is 40.1 Å². The molecule has 4 rings (SSSR count). The van der Waals surface area contributed by atoms with E-state index in [2.05, 4.69) is 20.9 Å².